The maximum atomic E-state index is 11.1. The van der Waals surface area contributed by atoms with Gasteiger partial charge in [0.1, 0.15) is 0 Å². The Morgan fingerprint density at radius 3 is 2.55 bits per heavy atom. The van der Waals surface area contributed by atoms with Crippen LogP contribution in [0.4, 0.5) is 0 Å². The minimum Gasteiger partial charge on any atom is -0.298 e. The van der Waals surface area contributed by atoms with E-state index < -0.39 is 0 Å². The first kappa shape index (κ1) is 7.60. The van der Waals surface area contributed by atoms with E-state index in [0.717, 1.165) is 24.2 Å². The van der Waals surface area contributed by atoms with Gasteiger partial charge >= 0.3 is 0 Å². The Morgan fingerprint density at radius 1 is 1.45 bits per heavy atom. The zero-order valence-corrected chi connectivity index (χ0v) is 7.47. The molecule has 4 unspecified atom stereocenters. The van der Waals surface area contributed by atoms with Crippen LogP contribution < -0.4 is 0 Å². The van der Waals surface area contributed by atoms with Crippen LogP contribution in [0, 0.1) is 23.7 Å². The number of rotatable bonds is 3. The first-order chi connectivity index (χ1) is 5.24. The van der Waals surface area contributed by atoms with E-state index in [2.05, 4.69) is 6.92 Å². The SMILES string of the molecule is CC1CC1C1CC1C(=O)CCl. The quantitative estimate of drug-likeness (QED) is 0.596. The van der Waals surface area contributed by atoms with Crippen molar-refractivity contribution in [2.24, 2.45) is 23.7 Å². The molecule has 4 atom stereocenters. The lowest BCUT2D eigenvalue weighted by atomic mass is 10.1. The van der Waals surface area contributed by atoms with Gasteiger partial charge in [-0.3, -0.25) is 4.79 Å². The van der Waals surface area contributed by atoms with Gasteiger partial charge in [-0.05, 0) is 30.6 Å². The van der Waals surface area contributed by atoms with Crippen LogP contribution in [-0.4, -0.2) is 11.7 Å². The fourth-order valence-electron chi connectivity index (χ4n) is 2.10. The van der Waals surface area contributed by atoms with Gasteiger partial charge in [0.05, 0.1) is 5.88 Å². The van der Waals surface area contributed by atoms with E-state index in [-0.39, 0.29) is 11.7 Å². The van der Waals surface area contributed by atoms with Crippen molar-refractivity contribution >= 4 is 17.4 Å². The molecule has 11 heavy (non-hydrogen) atoms. The molecule has 0 radical (unpaired) electrons. The number of Topliss-reactive ketones (excluding diaryl/α,β-unsaturated/α-hetero) is 1. The Kier molecular flexibility index (Phi) is 1.71. The highest BCUT2D eigenvalue weighted by atomic mass is 35.5. The fraction of sp³-hybridized carbons (Fsp3) is 0.889. The number of hydrogen-bond donors (Lipinski definition) is 0. The number of carbonyl (C=O) groups is 1. The first-order valence-corrected chi connectivity index (χ1v) is 4.86. The van der Waals surface area contributed by atoms with Crippen molar-refractivity contribution in [2.75, 3.05) is 5.88 Å². The van der Waals surface area contributed by atoms with Crippen molar-refractivity contribution in [3.05, 3.63) is 0 Å². The standard InChI is InChI=1S/C9H13ClO/c1-5-2-6(5)7-3-8(7)9(11)4-10/h5-8H,2-4H2,1H3. The van der Waals surface area contributed by atoms with Gasteiger partial charge in [0.15, 0.2) is 5.78 Å². The normalized spacial score (nSPS) is 47.1. The Hall–Kier alpha value is -0.0400. The summed E-state index contributed by atoms with van der Waals surface area (Å²) in [5.41, 5.74) is 0. The van der Waals surface area contributed by atoms with Gasteiger partial charge in [-0.15, -0.1) is 11.6 Å². The molecule has 0 bridgehead atoms. The second kappa shape index (κ2) is 2.48. The highest BCUT2D eigenvalue weighted by Crippen LogP contribution is 2.57. The Balaban J connectivity index is 1.82. The molecule has 0 amide bonds. The van der Waals surface area contributed by atoms with E-state index in [1.807, 2.05) is 0 Å². The van der Waals surface area contributed by atoms with Crippen LogP contribution >= 0.6 is 11.6 Å². The van der Waals surface area contributed by atoms with Gasteiger partial charge in [0.25, 0.3) is 0 Å². The molecular formula is C9H13ClO. The van der Waals surface area contributed by atoms with Gasteiger partial charge in [0, 0.05) is 5.92 Å². The summed E-state index contributed by atoms with van der Waals surface area (Å²) >= 11 is 5.46. The van der Waals surface area contributed by atoms with Crippen molar-refractivity contribution in [3.63, 3.8) is 0 Å². The molecule has 2 aliphatic carbocycles. The van der Waals surface area contributed by atoms with Crippen molar-refractivity contribution in [1.29, 1.82) is 0 Å². The molecule has 2 rings (SSSR count). The molecule has 0 aromatic carbocycles. The predicted octanol–water partition coefficient (Wildman–Crippen LogP) is 2.09. The molecular weight excluding hydrogens is 160 g/mol. The van der Waals surface area contributed by atoms with Gasteiger partial charge < -0.3 is 0 Å². The van der Waals surface area contributed by atoms with E-state index in [4.69, 9.17) is 11.6 Å². The van der Waals surface area contributed by atoms with Crippen LogP contribution in [0.2, 0.25) is 0 Å². The van der Waals surface area contributed by atoms with E-state index in [9.17, 15) is 4.79 Å². The van der Waals surface area contributed by atoms with Crippen molar-refractivity contribution in [1.82, 2.24) is 0 Å². The van der Waals surface area contributed by atoms with E-state index in [1.54, 1.807) is 0 Å². The molecule has 2 aliphatic rings. The Morgan fingerprint density at radius 2 is 2.09 bits per heavy atom. The van der Waals surface area contributed by atoms with Crippen LogP contribution in [0.3, 0.4) is 0 Å². The van der Waals surface area contributed by atoms with Gasteiger partial charge in [-0.1, -0.05) is 6.92 Å². The van der Waals surface area contributed by atoms with E-state index in [1.165, 1.54) is 6.42 Å². The number of hydrogen-bond acceptors (Lipinski definition) is 1. The highest BCUT2D eigenvalue weighted by molar-refractivity contribution is 6.28. The first-order valence-electron chi connectivity index (χ1n) is 4.32. The molecule has 2 heteroatoms. The van der Waals surface area contributed by atoms with Crippen LogP contribution in [0.1, 0.15) is 19.8 Å². The third-order valence-corrected chi connectivity index (χ3v) is 3.37. The summed E-state index contributed by atoms with van der Waals surface area (Å²) < 4.78 is 0. The van der Waals surface area contributed by atoms with Crippen LogP contribution in [0.25, 0.3) is 0 Å². The smallest absolute Gasteiger partial charge is 0.150 e. The van der Waals surface area contributed by atoms with Crippen molar-refractivity contribution in [2.45, 2.75) is 19.8 Å². The van der Waals surface area contributed by atoms with Gasteiger partial charge in [-0.25, -0.2) is 0 Å². The molecule has 1 nitrogen and oxygen atoms in total. The maximum absolute atomic E-state index is 11.1. The zero-order valence-electron chi connectivity index (χ0n) is 6.72. The molecule has 2 saturated carbocycles. The van der Waals surface area contributed by atoms with Gasteiger partial charge in [-0.2, -0.15) is 0 Å². The van der Waals surface area contributed by atoms with Crippen LogP contribution in [0.5, 0.6) is 0 Å². The van der Waals surface area contributed by atoms with Crippen LogP contribution in [-0.2, 0) is 4.79 Å². The largest absolute Gasteiger partial charge is 0.298 e. The highest BCUT2D eigenvalue weighted by Gasteiger charge is 2.53. The number of halogens is 1. The summed E-state index contributed by atoms with van der Waals surface area (Å²) in [6.45, 7) is 2.27. The average molecular weight is 173 g/mol. The second-order valence-corrected chi connectivity index (χ2v) is 4.25. The topological polar surface area (TPSA) is 17.1 Å². The number of ketones is 1. The molecule has 0 spiro atoms. The lowest BCUT2D eigenvalue weighted by Crippen LogP contribution is -2.04. The molecule has 0 heterocycles. The van der Waals surface area contributed by atoms with Crippen molar-refractivity contribution in [3.8, 4) is 0 Å². The monoisotopic (exact) mass is 172 g/mol. The van der Waals surface area contributed by atoms with Crippen molar-refractivity contribution < 1.29 is 4.79 Å². The molecule has 2 fully saturated rings. The minimum absolute atomic E-state index is 0.224. The lowest BCUT2D eigenvalue weighted by Gasteiger charge is -1.92. The summed E-state index contributed by atoms with van der Waals surface area (Å²) in [7, 11) is 0. The third kappa shape index (κ3) is 1.31. The Bertz CT molecular complexity index is 190. The molecule has 0 N–H and O–H groups in total. The zero-order chi connectivity index (χ0) is 8.01. The number of alkyl halides is 1. The molecule has 0 aliphatic heterocycles. The maximum Gasteiger partial charge on any atom is 0.150 e. The summed E-state index contributed by atoms with van der Waals surface area (Å²) in [5, 5.41) is 0. The predicted molar refractivity (Wildman–Crippen MR) is 44.6 cm³/mol. The summed E-state index contributed by atoms with van der Waals surface area (Å²) in [6, 6.07) is 0. The van der Waals surface area contributed by atoms with Crippen LogP contribution in [0.15, 0.2) is 0 Å². The lowest BCUT2D eigenvalue weighted by molar-refractivity contribution is -0.118. The third-order valence-electron chi connectivity index (χ3n) is 3.11. The second-order valence-electron chi connectivity index (χ2n) is 3.98. The Labute approximate surface area is 72.1 Å². The molecule has 0 aromatic rings. The molecule has 62 valence electrons. The minimum atomic E-state index is 0.224. The summed E-state index contributed by atoms with van der Waals surface area (Å²) in [6.07, 6.45) is 2.47. The molecule has 0 aromatic heterocycles. The van der Waals surface area contributed by atoms with E-state index in [0.29, 0.717) is 5.92 Å². The number of carbonyl (C=O) groups excluding carboxylic acids is 1. The summed E-state index contributed by atoms with van der Waals surface area (Å²) in [5.74, 6) is 3.32. The summed E-state index contributed by atoms with van der Waals surface area (Å²) in [4.78, 5) is 11.1. The fourth-order valence-corrected chi connectivity index (χ4v) is 2.30. The van der Waals surface area contributed by atoms with E-state index >= 15 is 0 Å². The average Bonchev–Trinajstić information content (AvgIpc) is 2.81. The molecule has 0 saturated heterocycles. The van der Waals surface area contributed by atoms with Gasteiger partial charge in [0.2, 0.25) is 0 Å².